The van der Waals surface area contributed by atoms with Gasteiger partial charge in [0.05, 0.1) is 23.4 Å². The van der Waals surface area contributed by atoms with Crippen molar-refractivity contribution < 1.29 is 13.2 Å². The van der Waals surface area contributed by atoms with Gasteiger partial charge in [0.1, 0.15) is 0 Å². The van der Waals surface area contributed by atoms with E-state index in [1.165, 1.54) is 35.1 Å². The number of sulfone groups is 1. The second-order valence-electron chi connectivity index (χ2n) is 6.68. The van der Waals surface area contributed by atoms with Gasteiger partial charge < -0.3 is 9.64 Å². The topological polar surface area (TPSA) is 64.4 Å². The molecule has 9 heteroatoms. The van der Waals surface area contributed by atoms with E-state index in [1.54, 1.807) is 24.3 Å². The molecule has 0 atom stereocenters. The van der Waals surface area contributed by atoms with Crippen molar-refractivity contribution in [3.05, 3.63) is 64.8 Å². The van der Waals surface area contributed by atoms with E-state index in [9.17, 15) is 8.42 Å². The van der Waals surface area contributed by atoms with Gasteiger partial charge in [0, 0.05) is 16.6 Å². The molecule has 3 rings (SSSR count). The summed E-state index contributed by atoms with van der Waals surface area (Å²) < 4.78 is 33.6. The minimum Gasteiger partial charge on any atom is -0.476 e. The summed E-state index contributed by atoms with van der Waals surface area (Å²) in [4.78, 5) is 2.15. The van der Waals surface area contributed by atoms with Crippen LogP contribution in [0.2, 0.25) is 10.0 Å². The monoisotopic (exact) mass is 453 g/mol. The molecular weight excluding hydrogens is 433 g/mol. The van der Waals surface area contributed by atoms with Gasteiger partial charge in [-0.15, -0.1) is 5.10 Å². The van der Waals surface area contributed by atoms with Crippen LogP contribution in [0.15, 0.2) is 64.5 Å². The van der Waals surface area contributed by atoms with Gasteiger partial charge in [0.15, 0.2) is 4.90 Å². The molecule has 0 radical (unpaired) electrons. The number of ether oxygens (including phenoxy) is 1. The molecule has 1 heterocycles. The molecule has 0 saturated heterocycles. The van der Waals surface area contributed by atoms with Gasteiger partial charge in [-0.25, -0.2) is 13.1 Å². The Kier molecular flexibility index (Phi) is 6.85. The Balaban J connectivity index is 1.98. The Morgan fingerprint density at radius 2 is 1.59 bits per heavy atom. The van der Waals surface area contributed by atoms with Crippen molar-refractivity contribution in [1.82, 2.24) is 14.7 Å². The zero-order valence-electron chi connectivity index (χ0n) is 16.0. The molecule has 0 aliphatic rings. The first-order valence-corrected chi connectivity index (χ1v) is 11.1. The molecular formula is C20H21Cl2N3O3S. The predicted molar refractivity (Wildman–Crippen MR) is 114 cm³/mol. The fourth-order valence-corrected chi connectivity index (χ4v) is 4.21. The third-order valence-corrected chi connectivity index (χ3v) is 6.40. The molecule has 29 heavy (non-hydrogen) atoms. The highest BCUT2D eigenvalue weighted by Gasteiger charge is 2.26. The summed E-state index contributed by atoms with van der Waals surface area (Å²) in [5.41, 5.74) is 0.671. The van der Waals surface area contributed by atoms with Crippen LogP contribution in [0.3, 0.4) is 0 Å². The van der Waals surface area contributed by atoms with Crippen molar-refractivity contribution in [2.75, 3.05) is 27.2 Å². The van der Waals surface area contributed by atoms with Gasteiger partial charge in [-0.3, -0.25) is 0 Å². The van der Waals surface area contributed by atoms with Crippen LogP contribution in [0.1, 0.15) is 6.42 Å². The first-order valence-electron chi connectivity index (χ1n) is 8.91. The number of rotatable bonds is 8. The molecule has 154 valence electrons. The van der Waals surface area contributed by atoms with Gasteiger partial charge in [-0.2, -0.15) is 0 Å². The predicted octanol–water partition coefficient (Wildman–Crippen LogP) is 4.34. The number of aromatic nitrogens is 2. The maximum atomic E-state index is 13.2. The highest BCUT2D eigenvalue weighted by Crippen LogP contribution is 2.30. The second kappa shape index (κ2) is 9.17. The van der Waals surface area contributed by atoms with Crippen molar-refractivity contribution >= 4 is 33.0 Å². The van der Waals surface area contributed by atoms with Gasteiger partial charge in [-0.05, 0) is 69.0 Å². The highest BCUT2D eigenvalue weighted by atomic mass is 35.5. The average molecular weight is 454 g/mol. The summed E-state index contributed by atoms with van der Waals surface area (Å²) in [5, 5.41) is 5.41. The van der Waals surface area contributed by atoms with E-state index in [0.717, 1.165) is 13.0 Å². The lowest BCUT2D eigenvalue weighted by molar-refractivity contribution is 0.266. The normalized spacial score (nSPS) is 11.8. The number of benzene rings is 2. The van der Waals surface area contributed by atoms with E-state index in [-0.39, 0.29) is 15.7 Å². The number of nitrogens with zero attached hydrogens (tertiary/aromatic N) is 3. The molecule has 0 saturated carbocycles. The number of hydrogen-bond acceptors (Lipinski definition) is 5. The van der Waals surface area contributed by atoms with Gasteiger partial charge in [0.2, 0.25) is 9.84 Å². The Morgan fingerprint density at radius 3 is 2.17 bits per heavy atom. The van der Waals surface area contributed by atoms with Crippen LogP contribution in [0.4, 0.5) is 0 Å². The summed E-state index contributed by atoms with van der Waals surface area (Å²) in [5.74, 6) is 0.0636. The Hall–Kier alpha value is -2.06. The van der Waals surface area contributed by atoms with E-state index >= 15 is 0 Å². The summed E-state index contributed by atoms with van der Waals surface area (Å²) >= 11 is 11.8. The molecule has 1 aromatic heterocycles. The van der Waals surface area contributed by atoms with E-state index in [2.05, 4.69) is 5.10 Å². The van der Waals surface area contributed by atoms with Crippen LogP contribution < -0.4 is 4.74 Å². The molecule has 0 amide bonds. The van der Waals surface area contributed by atoms with Crippen LogP contribution in [0.5, 0.6) is 5.88 Å². The lowest BCUT2D eigenvalue weighted by atomic mass is 10.3. The minimum atomic E-state index is -3.84. The van der Waals surface area contributed by atoms with Gasteiger partial charge >= 0.3 is 0 Å². The maximum Gasteiger partial charge on any atom is 0.252 e. The molecule has 6 nitrogen and oxygen atoms in total. The third kappa shape index (κ3) is 5.30. The third-order valence-electron chi connectivity index (χ3n) is 4.14. The zero-order valence-corrected chi connectivity index (χ0v) is 18.4. The molecule has 0 fully saturated rings. The standard InChI is InChI=1S/C20H21Cl2N3O3S/c1-24(2)12-3-13-28-20-19(29(26,27)18-10-6-16(22)7-11-18)14-25(23-20)17-8-4-15(21)5-9-17/h4-11,14H,3,12-13H2,1-2H3. The molecule has 0 spiro atoms. The van der Waals surface area contributed by atoms with Crippen molar-refractivity contribution in [3.63, 3.8) is 0 Å². The Labute approximate surface area is 180 Å². The maximum absolute atomic E-state index is 13.2. The van der Waals surface area contributed by atoms with Gasteiger partial charge in [-0.1, -0.05) is 23.2 Å². The van der Waals surface area contributed by atoms with E-state index in [0.29, 0.717) is 22.3 Å². The van der Waals surface area contributed by atoms with Crippen molar-refractivity contribution in [2.45, 2.75) is 16.2 Å². The van der Waals surface area contributed by atoms with Crippen LogP contribution in [-0.2, 0) is 9.84 Å². The van der Waals surface area contributed by atoms with Crippen molar-refractivity contribution in [3.8, 4) is 11.6 Å². The quantitative estimate of drug-likeness (QED) is 0.474. The van der Waals surface area contributed by atoms with Crippen LogP contribution in [0.25, 0.3) is 5.69 Å². The minimum absolute atomic E-state index is 0.000347. The molecule has 0 bridgehead atoms. The molecule has 0 N–H and O–H groups in total. The van der Waals surface area contributed by atoms with E-state index in [1.807, 2.05) is 19.0 Å². The van der Waals surface area contributed by atoms with Crippen LogP contribution >= 0.6 is 23.2 Å². The fourth-order valence-electron chi connectivity index (χ4n) is 2.64. The first kappa shape index (κ1) is 21.6. The van der Waals surface area contributed by atoms with Crippen LogP contribution in [0, 0.1) is 0 Å². The van der Waals surface area contributed by atoms with Crippen LogP contribution in [-0.4, -0.2) is 50.3 Å². The lowest BCUT2D eigenvalue weighted by Crippen LogP contribution is -2.16. The lowest BCUT2D eigenvalue weighted by Gasteiger charge is -2.10. The highest BCUT2D eigenvalue weighted by molar-refractivity contribution is 7.91. The van der Waals surface area contributed by atoms with E-state index in [4.69, 9.17) is 27.9 Å². The average Bonchev–Trinajstić information content (AvgIpc) is 3.11. The van der Waals surface area contributed by atoms with Crippen molar-refractivity contribution in [2.24, 2.45) is 0 Å². The molecule has 3 aromatic rings. The molecule has 0 unspecified atom stereocenters. The van der Waals surface area contributed by atoms with E-state index < -0.39 is 9.84 Å². The number of hydrogen-bond donors (Lipinski definition) is 0. The summed E-state index contributed by atoms with van der Waals surface area (Å²) in [7, 11) is 0.0893. The molecule has 2 aromatic carbocycles. The largest absolute Gasteiger partial charge is 0.476 e. The summed E-state index contributed by atoms with van der Waals surface area (Å²) in [6, 6.07) is 12.9. The smallest absolute Gasteiger partial charge is 0.252 e. The number of halogens is 2. The second-order valence-corrected chi connectivity index (χ2v) is 9.47. The van der Waals surface area contributed by atoms with Gasteiger partial charge in [0.25, 0.3) is 5.88 Å². The Bertz CT molecular complexity index is 1060. The van der Waals surface area contributed by atoms with Crippen molar-refractivity contribution in [1.29, 1.82) is 0 Å². The summed E-state index contributed by atoms with van der Waals surface area (Å²) in [6.07, 6.45) is 2.19. The fraction of sp³-hybridized carbons (Fsp3) is 0.250. The molecule has 0 aliphatic carbocycles. The SMILES string of the molecule is CN(C)CCCOc1nn(-c2ccc(Cl)cc2)cc1S(=O)(=O)c1ccc(Cl)cc1. The molecule has 0 aliphatic heterocycles. The summed E-state index contributed by atoms with van der Waals surface area (Å²) in [6.45, 7) is 1.16. The Morgan fingerprint density at radius 1 is 1.00 bits per heavy atom. The first-order chi connectivity index (χ1) is 13.8. The zero-order chi connectivity index (χ0) is 21.0.